The van der Waals surface area contributed by atoms with Crippen LogP contribution in [0.15, 0.2) is 29.3 Å². The highest BCUT2D eigenvalue weighted by Crippen LogP contribution is 2.28. The van der Waals surface area contributed by atoms with E-state index in [4.69, 9.17) is 5.73 Å². The molecule has 1 heterocycles. The lowest BCUT2D eigenvalue weighted by Crippen LogP contribution is -2.04. The molecule has 0 spiro atoms. The zero-order valence-electron chi connectivity index (χ0n) is 9.86. The lowest BCUT2D eigenvalue weighted by atomic mass is 10.3. The van der Waals surface area contributed by atoms with E-state index >= 15 is 0 Å². The fourth-order valence-corrected chi connectivity index (χ4v) is 2.29. The molecule has 1 aromatic carbocycles. The molecule has 3 nitrogen and oxygen atoms in total. The van der Waals surface area contributed by atoms with Crippen LogP contribution in [0.4, 0.5) is 14.6 Å². The molecule has 0 aliphatic heterocycles. The maximum atomic E-state index is 13.6. The number of benzene rings is 1. The third-order valence-corrected chi connectivity index (χ3v) is 3.61. The summed E-state index contributed by atoms with van der Waals surface area (Å²) in [5, 5.41) is 4.04. The topological polar surface area (TPSA) is 43.8 Å². The second kappa shape index (κ2) is 5.39. The van der Waals surface area contributed by atoms with Gasteiger partial charge < -0.3 is 5.73 Å². The zero-order valence-corrected chi connectivity index (χ0v) is 10.7. The minimum Gasteiger partial charge on any atom is -0.383 e. The Hall–Kier alpha value is -1.56. The highest BCUT2D eigenvalue weighted by Gasteiger charge is 2.13. The van der Waals surface area contributed by atoms with E-state index in [0.29, 0.717) is 5.82 Å². The summed E-state index contributed by atoms with van der Waals surface area (Å²) in [5.74, 6) is -0.0136. The summed E-state index contributed by atoms with van der Waals surface area (Å²) in [7, 11) is 0. The summed E-state index contributed by atoms with van der Waals surface area (Å²) < 4.78 is 27.7. The maximum Gasteiger partial charge on any atom is 0.151 e. The highest BCUT2D eigenvalue weighted by molar-refractivity contribution is 7.99. The highest BCUT2D eigenvalue weighted by atomic mass is 32.2. The Labute approximate surface area is 108 Å². The number of nitrogen functional groups attached to an aromatic ring is 1. The van der Waals surface area contributed by atoms with Gasteiger partial charge in [0.2, 0.25) is 0 Å². The first kappa shape index (κ1) is 12.9. The Kier molecular flexibility index (Phi) is 3.86. The molecule has 2 N–H and O–H groups in total. The lowest BCUT2D eigenvalue weighted by Gasteiger charge is -2.06. The van der Waals surface area contributed by atoms with Crippen molar-refractivity contribution in [1.29, 1.82) is 0 Å². The van der Waals surface area contributed by atoms with Gasteiger partial charge >= 0.3 is 0 Å². The van der Waals surface area contributed by atoms with Crippen molar-refractivity contribution in [3.8, 4) is 5.69 Å². The molecule has 0 saturated heterocycles. The van der Waals surface area contributed by atoms with Crippen molar-refractivity contribution in [2.75, 3.05) is 11.5 Å². The molecule has 0 amide bonds. The summed E-state index contributed by atoms with van der Waals surface area (Å²) >= 11 is 1.57. The smallest absolute Gasteiger partial charge is 0.151 e. The number of hydrogen-bond donors (Lipinski definition) is 1. The molecule has 0 aliphatic carbocycles. The quantitative estimate of drug-likeness (QED) is 0.867. The van der Waals surface area contributed by atoms with Crippen LogP contribution in [-0.2, 0) is 0 Å². The van der Waals surface area contributed by atoms with Gasteiger partial charge in [-0.3, -0.25) is 0 Å². The second-order valence-corrected chi connectivity index (χ2v) is 4.89. The van der Waals surface area contributed by atoms with Crippen molar-refractivity contribution in [2.24, 2.45) is 0 Å². The molecule has 0 atom stereocenters. The lowest BCUT2D eigenvalue weighted by molar-refractivity contribution is 0.574. The van der Waals surface area contributed by atoms with Crippen LogP contribution in [0.3, 0.4) is 0 Å². The predicted molar refractivity (Wildman–Crippen MR) is 68.9 cm³/mol. The largest absolute Gasteiger partial charge is 0.383 e. The SMILES string of the molecule is CCCSc1cnn(-c2ccc(F)cc2F)c1N. The minimum absolute atomic E-state index is 0.150. The first-order valence-corrected chi connectivity index (χ1v) is 6.53. The molecule has 0 bridgehead atoms. The summed E-state index contributed by atoms with van der Waals surface area (Å²) in [6.45, 7) is 2.06. The maximum absolute atomic E-state index is 13.6. The van der Waals surface area contributed by atoms with Gasteiger partial charge in [0.1, 0.15) is 17.3 Å². The molecule has 0 fully saturated rings. The van der Waals surface area contributed by atoms with Crippen LogP contribution in [0.25, 0.3) is 5.69 Å². The Morgan fingerprint density at radius 3 is 2.83 bits per heavy atom. The molecule has 96 valence electrons. The molecule has 6 heteroatoms. The van der Waals surface area contributed by atoms with E-state index in [-0.39, 0.29) is 5.69 Å². The van der Waals surface area contributed by atoms with Crippen LogP contribution in [-0.4, -0.2) is 15.5 Å². The molecule has 1 aromatic heterocycles. The van der Waals surface area contributed by atoms with E-state index in [1.165, 1.54) is 16.8 Å². The van der Waals surface area contributed by atoms with E-state index in [0.717, 1.165) is 23.1 Å². The zero-order chi connectivity index (χ0) is 13.1. The Bertz CT molecular complexity index is 554. The van der Waals surface area contributed by atoms with Gasteiger partial charge in [-0.05, 0) is 24.3 Å². The van der Waals surface area contributed by atoms with Crippen LogP contribution in [0.1, 0.15) is 13.3 Å². The van der Waals surface area contributed by atoms with E-state index in [1.54, 1.807) is 18.0 Å². The third kappa shape index (κ3) is 2.48. The molecule has 0 unspecified atom stereocenters. The molecular weight excluding hydrogens is 256 g/mol. The van der Waals surface area contributed by atoms with Gasteiger partial charge in [-0.2, -0.15) is 5.10 Å². The van der Waals surface area contributed by atoms with Gasteiger partial charge in [-0.1, -0.05) is 6.92 Å². The average molecular weight is 269 g/mol. The van der Waals surface area contributed by atoms with Crippen LogP contribution in [0, 0.1) is 11.6 Å². The second-order valence-electron chi connectivity index (χ2n) is 3.75. The monoisotopic (exact) mass is 269 g/mol. The van der Waals surface area contributed by atoms with Crippen LogP contribution >= 0.6 is 11.8 Å². The third-order valence-electron chi connectivity index (χ3n) is 2.37. The van der Waals surface area contributed by atoms with Gasteiger partial charge in [-0.25, -0.2) is 13.5 Å². The van der Waals surface area contributed by atoms with Crippen LogP contribution < -0.4 is 5.73 Å². The van der Waals surface area contributed by atoms with Gasteiger partial charge in [0.05, 0.1) is 11.1 Å². The standard InChI is InChI=1S/C12H13F2N3S/c1-2-5-18-11-7-16-17(12(11)15)10-4-3-8(13)6-9(10)14/h3-4,6-7H,2,5,15H2,1H3. The summed E-state index contributed by atoms with van der Waals surface area (Å²) in [6, 6.07) is 3.32. The number of halogens is 2. The molecule has 0 aliphatic rings. The van der Waals surface area contributed by atoms with Crippen molar-refractivity contribution in [3.05, 3.63) is 36.0 Å². The molecule has 2 rings (SSSR count). The van der Waals surface area contributed by atoms with E-state index in [2.05, 4.69) is 12.0 Å². The number of thioether (sulfide) groups is 1. The summed E-state index contributed by atoms with van der Waals surface area (Å²) in [6.07, 6.45) is 2.61. The van der Waals surface area contributed by atoms with Gasteiger partial charge in [-0.15, -0.1) is 11.8 Å². The number of aromatic nitrogens is 2. The van der Waals surface area contributed by atoms with Crippen molar-refractivity contribution in [3.63, 3.8) is 0 Å². The number of nitrogens with two attached hydrogens (primary N) is 1. The van der Waals surface area contributed by atoms with Crippen molar-refractivity contribution in [1.82, 2.24) is 9.78 Å². The molecule has 2 aromatic rings. The number of anilines is 1. The predicted octanol–water partition coefficient (Wildman–Crippen LogP) is 3.23. The molecular formula is C12H13F2N3S. The first-order chi connectivity index (χ1) is 8.63. The van der Waals surface area contributed by atoms with Gasteiger partial charge in [0.15, 0.2) is 5.82 Å². The van der Waals surface area contributed by atoms with Gasteiger partial charge in [0, 0.05) is 6.07 Å². The number of nitrogens with zero attached hydrogens (tertiary/aromatic N) is 2. The van der Waals surface area contributed by atoms with E-state index in [9.17, 15) is 8.78 Å². The van der Waals surface area contributed by atoms with Gasteiger partial charge in [0.25, 0.3) is 0 Å². The van der Waals surface area contributed by atoms with E-state index in [1.807, 2.05) is 0 Å². The summed E-state index contributed by atoms with van der Waals surface area (Å²) in [5.41, 5.74) is 6.05. The molecule has 0 radical (unpaired) electrons. The summed E-state index contributed by atoms with van der Waals surface area (Å²) in [4.78, 5) is 0.806. The Morgan fingerprint density at radius 1 is 1.39 bits per heavy atom. The van der Waals surface area contributed by atoms with E-state index < -0.39 is 11.6 Å². The van der Waals surface area contributed by atoms with Crippen molar-refractivity contribution in [2.45, 2.75) is 18.2 Å². The number of rotatable bonds is 4. The van der Waals surface area contributed by atoms with Crippen molar-refractivity contribution < 1.29 is 8.78 Å². The fraction of sp³-hybridized carbons (Fsp3) is 0.250. The minimum atomic E-state index is -0.683. The normalized spacial score (nSPS) is 10.8. The first-order valence-electron chi connectivity index (χ1n) is 5.55. The Balaban J connectivity index is 2.36. The molecule has 18 heavy (non-hydrogen) atoms. The fourth-order valence-electron chi connectivity index (χ4n) is 1.51. The van der Waals surface area contributed by atoms with Crippen molar-refractivity contribution >= 4 is 17.6 Å². The average Bonchev–Trinajstić information content (AvgIpc) is 2.68. The molecule has 0 saturated carbocycles. The Morgan fingerprint density at radius 2 is 2.17 bits per heavy atom. The number of hydrogen-bond acceptors (Lipinski definition) is 3. The van der Waals surface area contributed by atoms with Crippen LogP contribution in [0.2, 0.25) is 0 Å². The van der Waals surface area contributed by atoms with Crippen LogP contribution in [0.5, 0.6) is 0 Å².